The van der Waals surface area contributed by atoms with E-state index in [-0.39, 0.29) is 0 Å². The first-order valence-electron chi connectivity index (χ1n) is 5.16. The molecule has 76 valence electrons. The second kappa shape index (κ2) is 4.37. The van der Waals surface area contributed by atoms with Crippen LogP contribution < -0.4 is 5.32 Å². The Hall–Kier alpha value is -0.470. The predicted molar refractivity (Wildman–Crippen MR) is 63.8 cm³/mol. The van der Waals surface area contributed by atoms with Gasteiger partial charge in [0.1, 0.15) is 0 Å². The van der Waals surface area contributed by atoms with Gasteiger partial charge in [0.2, 0.25) is 0 Å². The van der Waals surface area contributed by atoms with Crippen molar-refractivity contribution in [2.45, 2.75) is 25.9 Å². The molecule has 1 N–H and O–H groups in total. The molecule has 2 atom stereocenters. The maximum absolute atomic E-state index is 3.65. The van der Waals surface area contributed by atoms with Crippen molar-refractivity contribution in [3.63, 3.8) is 0 Å². The van der Waals surface area contributed by atoms with Gasteiger partial charge in [-0.2, -0.15) is 11.8 Å². The molecule has 0 radical (unpaired) electrons. The second-order valence-corrected chi connectivity index (χ2v) is 5.09. The number of aryl methyl sites for hydroxylation is 1. The quantitative estimate of drug-likeness (QED) is 0.760. The number of hydrogen-bond acceptors (Lipinski definition) is 2. The normalized spacial score (nSPS) is 27.6. The van der Waals surface area contributed by atoms with Crippen molar-refractivity contribution in [2.24, 2.45) is 0 Å². The van der Waals surface area contributed by atoms with Crippen LogP contribution in [-0.2, 0) is 0 Å². The van der Waals surface area contributed by atoms with Crippen LogP contribution in [0.4, 0.5) is 0 Å². The molecule has 1 nitrogen and oxygen atoms in total. The van der Waals surface area contributed by atoms with Gasteiger partial charge >= 0.3 is 0 Å². The summed E-state index contributed by atoms with van der Waals surface area (Å²) < 4.78 is 0. The predicted octanol–water partition coefficient (Wildman–Crippen LogP) is 2.76. The maximum atomic E-state index is 3.65. The molecule has 0 saturated carbocycles. The van der Waals surface area contributed by atoms with Gasteiger partial charge in [-0.3, -0.25) is 0 Å². The van der Waals surface area contributed by atoms with Gasteiger partial charge in [-0.1, -0.05) is 24.3 Å². The number of thioether (sulfide) groups is 1. The molecular weight excluding hydrogens is 190 g/mol. The van der Waals surface area contributed by atoms with Gasteiger partial charge < -0.3 is 5.32 Å². The molecular formula is C12H17NS. The van der Waals surface area contributed by atoms with E-state index in [1.54, 1.807) is 0 Å². The lowest BCUT2D eigenvalue weighted by atomic mass is 10.0. The molecule has 0 aliphatic carbocycles. The van der Waals surface area contributed by atoms with Crippen molar-refractivity contribution in [3.05, 3.63) is 35.4 Å². The summed E-state index contributed by atoms with van der Waals surface area (Å²) in [4.78, 5) is 0. The Kier molecular flexibility index (Phi) is 3.14. The number of benzene rings is 1. The van der Waals surface area contributed by atoms with E-state index in [2.05, 4.69) is 55.2 Å². The van der Waals surface area contributed by atoms with Gasteiger partial charge in [0.25, 0.3) is 0 Å². The second-order valence-electron chi connectivity index (χ2n) is 4.01. The third-order valence-electron chi connectivity index (χ3n) is 2.70. The van der Waals surface area contributed by atoms with Gasteiger partial charge in [0.15, 0.2) is 0 Å². The lowest BCUT2D eigenvalue weighted by Gasteiger charge is -2.29. The molecule has 2 rings (SSSR count). The fourth-order valence-corrected chi connectivity index (χ4v) is 3.06. The smallest absolute Gasteiger partial charge is 0.0416 e. The van der Waals surface area contributed by atoms with Crippen LogP contribution in [0.15, 0.2) is 24.3 Å². The molecule has 1 aliphatic rings. The first-order valence-corrected chi connectivity index (χ1v) is 6.32. The average molecular weight is 207 g/mol. The summed E-state index contributed by atoms with van der Waals surface area (Å²) in [6, 6.07) is 9.86. The van der Waals surface area contributed by atoms with Gasteiger partial charge in [0, 0.05) is 23.6 Å². The van der Waals surface area contributed by atoms with E-state index in [0.29, 0.717) is 12.1 Å². The van der Waals surface area contributed by atoms with Crippen LogP contribution in [0.2, 0.25) is 0 Å². The molecule has 0 spiro atoms. The van der Waals surface area contributed by atoms with Crippen molar-refractivity contribution < 1.29 is 0 Å². The Morgan fingerprint density at radius 3 is 2.79 bits per heavy atom. The molecule has 1 aromatic rings. The molecule has 1 fully saturated rings. The van der Waals surface area contributed by atoms with Crippen LogP contribution in [0.1, 0.15) is 24.1 Å². The van der Waals surface area contributed by atoms with Gasteiger partial charge in [0.05, 0.1) is 0 Å². The van der Waals surface area contributed by atoms with Crippen LogP contribution in [0.5, 0.6) is 0 Å². The van der Waals surface area contributed by atoms with Crippen LogP contribution in [0, 0.1) is 6.92 Å². The molecule has 0 amide bonds. The summed E-state index contributed by atoms with van der Waals surface area (Å²) in [5.74, 6) is 2.44. The molecule has 1 heterocycles. The van der Waals surface area contributed by atoms with E-state index in [1.807, 2.05) is 0 Å². The Balaban J connectivity index is 2.18. The lowest BCUT2D eigenvalue weighted by molar-refractivity contribution is 0.501. The van der Waals surface area contributed by atoms with Crippen LogP contribution in [-0.4, -0.2) is 17.5 Å². The van der Waals surface area contributed by atoms with Gasteiger partial charge in [-0.15, -0.1) is 0 Å². The molecule has 2 unspecified atom stereocenters. The summed E-state index contributed by atoms with van der Waals surface area (Å²) in [7, 11) is 0. The Morgan fingerprint density at radius 1 is 1.29 bits per heavy atom. The third-order valence-corrected chi connectivity index (χ3v) is 4.01. The summed E-state index contributed by atoms with van der Waals surface area (Å²) in [5, 5.41) is 3.65. The minimum absolute atomic E-state index is 0.546. The highest BCUT2D eigenvalue weighted by Crippen LogP contribution is 2.26. The highest BCUT2D eigenvalue weighted by Gasteiger charge is 2.20. The first-order chi connectivity index (χ1) is 6.77. The van der Waals surface area contributed by atoms with Crippen molar-refractivity contribution >= 4 is 11.8 Å². The van der Waals surface area contributed by atoms with E-state index in [1.165, 1.54) is 22.6 Å². The fraction of sp³-hybridized carbons (Fsp3) is 0.500. The zero-order valence-corrected chi connectivity index (χ0v) is 9.60. The molecule has 0 bridgehead atoms. The highest BCUT2D eigenvalue weighted by atomic mass is 32.2. The zero-order valence-electron chi connectivity index (χ0n) is 8.79. The summed E-state index contributed by atoms with van der Waals surface area (Å²) >= 11 is 2.05. The van der Waals surface area contributed by atoms with E-state index >= 15 is 0 Å². The van der Waals surface area contributed by atoms with E-state index in [0.717, 1.165) is 0 Å². The molecule has 1 aliphatic heterocycles. The Morgan fingerprint density at radius 2 is 2.07 bits per heavy atom. The van der Waals surface area contributed by atoms with Crippen molar-refractivity contribution in [2.75, 3.05) is 11.5 Å². The van der Waals surface area contributed by atoms with E-state index < -0.39 is 0 Å². The summed E-state index contributed by atoms with van der Waals surface area (Å²) in [6.07, 6.45) is 0. The third kappa shape index (κ3) is 2.12. The largest absolute Gasteiger partial charge is 0.306 e. The Labute approximate surface area is 90.3 Å². The highest BCUT2D eigenvalue weighted by molar-refractivity contribution is 7.99. The minimum Gasteiger partial charge on any atom is -0.306 e. The lowest BCUT2D eigenvalue weighted by Crippen LogP contribution is -2.38. The van der Waals surface area contributed by atoms with Gasteiger partial charge in [-0.05, 0) is 25.0 Å². The van der Waals surface area contributed by atoms with Crippen molar-refractivity contribution in [1.29, 1.82) is 0 Å². The molecule has 2 heteroatoms. The number of rotatable bonds is 1. The van der Waals surface area contributed by atoms with Crippen molar-refractivity contribution in [3.8, 4) is 0 Å². The van der Waals surface area contributed by atoms with Crippen molar-refractivity contribution in [1.82, 2.24) is 5.32 Å². The zero-order chi connectivity index (χ0) is 9.97. The monoisotopic (exact) mass is 207 g/mol. The summed E-state index contributed by atoms with van der Waals surface area (Å²) in [5.41, 5.74) is 2.87. The summed E-state index contributed by atoms with van der Waals surface area (Å²) in [6.45, 7) is 4.46. The average Bonchev–Trinajstić information content (AvgIpc) is 2.18. The van der Waals surface area contributed by atoms with E-state index in [4.69, 9.17) is 0 Å². The number of nitrogens with one attached hydrogen (secondary N) is 1. The fourth-order valence-electron chi connectivity index (χ4n) is 1.96. The van der Waals surface area contributed by atoms with Crippen LogP contribution in [0.3, 0.4) is 0 Å². The SMILES string of the molecule is Cc1ccccc1C1CSCC(C)N1. The maximum Gasteiger partial charge on any atom is 0.0416 e. The van der Waals surface area contributed by atoms with E-state index in [9.17, 15) is 0 Å². The minimum atomic E-state index is 0.546. The topological polar surface area (TPSA) is 12.0 Å². The van der Waals surface area contributed by atoms with Gasteiger partial charge in [-0.25, -0.2) is 0 Å². The molecule has 1 aromatic carbocycles. The number of hydrogen-bond donors (Lipinski definition) is 1. The molecule has 1 saturated heterocycles. The standard InChI is InChI=1S/C12H17NS/c1-9-5-3-4-6-11(9)12-8-14-7-10(2)13-12/h3-6,10,12-13H,7-8H2,1-2H3. The van der Waals surface area contributed by atoms with Crippen LogP contribution >= 0.6 is 11.8 Å². The molecule has 0 aromatic heterocycles. The Bertz CT molecular complexity index is 311. The molecule has 14 heavy (non-hydrogen) atoms. The van der Waals surface area contributed by atoms with Crippen LogP contribution in [0.25, 0.3) is 0 Å². The first kappa shape index (κ1) is 10.1.